The number of carboxylic acid groups (broad SMARTS) is 1. The topological polar surface area (TPSA) is 113 Å². The first-order valence-electron chi connectivity index (χ1n) is 13.8. The first-order valence-corrected chi connectivity index (χ1v) is 13.8. The van der Waals surface area contributed by atoms with Crippen molar-refractivity contribution < 1.29 is 28.3 Å². The van der Waals surface area contributed by atoms with Crippen molar-refractivity contribution in [3.05, 3.63) is 114 Å². The number of nitrogens with zero attached hydrogens (tertiary/aromatic N) is 2. The van der Waals surface area contributed by atoms with Gasteiger partial charge in [-0.25, -0.2) is 4.39 Å². The van der Waals surface area contributed by atoms with Gasteiger partial charge in [0.1, 0.15) is 11.3 Å². The van der Waals surface area contributed by atoms with Crippen LogP contribution in [-0.4, -0.2) is 46.7 Å². The maximum atomic E-state index is 15.1. The Morgan fingerprint density at radius 2 is 1.60 bits per heavy atom. The Hall–Kier alpha value is -5.31. The van der Waals surface area contributed by atoms with Crippen LogP contribution in [0, 0.1) is 11.7 Å². The van der Waals surface area contributed by atoms with E-state index in [2.05, 4.69) is 10.3 Å². The molecule has 4 aromatic carbocycles. The number of aliphatic carboxylic acids is 1. The number of anilines is 2. The Kier molecular flexibility index (Phi) is 8.61. The van der Waals surface area contributed by atoms with Crippen LogP contribution in [-0.2, 0) is 11.2 Å². The number of ketones is 1. The largest absolute Gasteiger partial charge is 0.481 e. The van der Waals surface area contributed by atoms with Gasteiger partial charge in [0.05, 0.1) is 11.6 Å². The van der Waals surface area contributed by atoms with E-state index in [0.717, 1.165) is 5.56 Å². The van der Waals surface area contributed by atoms with Crippen molar-refractivity contribution in [2.24, 2.45) is 5.92 Å². The Balaban J connectivity index is 1.24. The highest BCUT2D eigenvalue weighted by atomic mass is 19.1. The lowest BCUT2D eigenvalue weighted by Crippen LogP contribution is -2.21. The number of carboxylic acids is 1. The molecule has 0 fully saturated rings. The average molecular weight is 580 g/mol. The van der Waals surface area contributed by atoms with Gasteiger partial charge in [0.15, 0.2) is 11.4 Å². The lowest BCUT2D eigenvalue weighted by atomic mass is 9.92. The molecule has 9 heteroatoms. The van der Waals surface area contributed by atoms with E-state index in [1.165, 1.54) is 11.0 Å². The average Bonchev–Trinajstić information content (AvgIpc) is 3.41. The second kappa shape index (κ2) is 12.7. The SMILES string of the molecule is CN(C)C(=O)c1ccc2nc(Nc3ccc(-c4ccc(C(=O)CC(CCc5ccccc5)C(=O)O)cc4)cc3F)oc2c1. The van der Waals surface area contributed by atoms with Gasteiger partial charge in [-0.1, -0.05) is 60.7 Å². The van der Waals surface area contributed by atoms with Crippen molar-refractivity contribution in [3.63, 3.8) is 0 Å². The van der Waals surface area contributed by atoms with Crippen LogP contribution in [0.2, 0.25) is 0 Å². The smallest absolute Gasteiger partial charge is 0.306 e. The van der Waals surface area contributed by atoms with E-state index >= 15 is 4.39 Å². The molecule has 0 aliphatic carbocycles. The van der Waals surface area contributed by atoms with Gasteiger partial charge in [-0.15, -0.1) is 0 Å². The van der Waals surface area contributed by atoms with Crippen LogP contribution in [0.25, 0.3) is 22.2 Å². The van der Waals surface area contributed by atoms with Crippen LogP contribution >= 0.6 is 0 Å². The molecule has 0 aliphatic heterocycles. The molecule has 8 nitrogen and oxygen atoms in total. The molecule has 0 radical (unpaired) electrons. The van der Waals surface area contributed by atoms with Crippen LogP contribution in [0.3, 0.4) is 0 Å². The van der Waals surface area contributed by atoms with Crippen LogP contribution < -0.4 is 5.32 Å². The number of Topliss-reactive ketones (excluding diaryl/α,β-unsaturated/α-hetero) is 1. The molecule has 1 unspecified atom stereocenters. The first kappa shape index (κ1) is 29.2. The molecule has 5 rings (SSSR count). The molecular weight excluding hydrogens is 549 g/mol. The lowest BCUT2D eigenvalue weighted by Gasteiger charge is -2.12. The zero-order valence-corrected chi connectivity index (χ0v) is 23.7. The van der Waals surface area contributed by atoms with Crippen molar-refractivity contribution in [1.29, 1.82) is 0 Å². The van der Waals surface area contributed by atoms with Gasteiger partial charge in [0.25, 0.3) is 11.9 Å². The zero-order chi connectivity index (χ0) is 30.5. The standard InChI is InChI=1S/C34H30FN3O5/c1-38(2)32(40)25-15-17-29-31(20-25)43-34(37-29)36-28-16-14-24(18-27(28)35)22-10-12-23(13-11-22)30(39)19-26(33(41)42)9-8-21-6-4-3-5-7-21/h3-7,10-18,20,26H,8-9,19H2,1-2H3,(H,36,37)(H,41,42). The summed E-state index contributed by atoms with van der Waals surface area (Å²) in [6, 6.07) is 25.9. The highest BCUT2D eigenvalue weighted by Gasteiger charge is 2.22. The second-order valence-corrected chi connectivity index (χ2v) is 10.5. The number of oxazole rings is 1. The van der Waals surface area contributed by atoms with Crippen LogP contribution in [0.4, 0.5) is 16.1 Å². The quantitative estimate of drug-likeness (QED) is 0.162. The Bertz CT molecular complexity index is 1780. The third kappa shape index (κ3) is 6.95. The van der Waals surface area contributed by atoms with Crippen LogP contribution in [0.15, 0.2) is 95.4 Å². The number of hydrogen-bond acceptors (Lipinski definition) is 6. The number of carbonyl (C=O) groups excluding carboxylic acids is 2. The molecule has 43 heavy (non-hydrogen) atoms. The molecular formula is C34H30FN3O5. The number of benzene rings is 4. The van der Waals surface area contributed by atoms with Crippen molar-refractivity contribution in [3.8, 4) is 11.1 Å². The summed E-state index contributed by atoms with van der Waals surface area (Å²) >= 11 is 0. The van der Waals surface area contributed by atoms with Crippen molar-refractivity contribution in [1.82, 2.24) is 9.88 Å². The van der Waals surface area contributed by atoms with Crippen LogP contribution in [0.5, 0.6) is 0 Å². The highest BCUT2D eigenvalue weighted by molar-refractivity contribution is 5.98. The minimum absolute atomic E-state index is 0.0856. The monoisotopic (exact) mass is 579 g/mol. The van der Waals surface area contributed by atoms with Crippen molar-refractivity contribution in [2.45, 2.75) is 19.3 Å². The van der Waals surface area contributed by atoms with Gasteiger partial charge < -0.3 is 19.7 Å². The molecule has 0 saturated carbocycles. The molecule has 1 amide bonds. The van der Waals surface area contributed by atoms with Gasteiger partial charge in [-0.2, -0.15) is 4.98 Å². The van der Waals surface area contributed by atoms with Gasteiger partial charge in [-0.3, -0.25) is 14.4 Å². The summed E-state index contributed by atoms with van der Waals surface area (Å²) in [5, 5.41) is 12.5. The molecule has 2 N–H and O–H groups in total. The number of rotatable bonds is 11. The number of aromatic nitrogens is 1. The van der Waals surface area contributed by atoms with E-state index in [0.29, 0.717) is 46.2 Å². The van der Waals surface area contributed by atoms with E-state index < -0.39 is 17.7 Å². The maximum Gasteiger partial charge on any atom is 0.306 e. The number of amides is 1. The van der Waals surface area contributed by atoms with Gasteiger partial charge in [0.2, 0.25) is 0 Å². The maximum absolute atomic E-state index is 15.1. The number of carbonyl (C=O) groups is 3. The van der Waals surface area contributed by atoms with Gasteiger partial charge in [0, 0.05) is 31.6 Å². The van der Waals surface area contributed by atoms with Crippen molar-refractivity contribution >= 4 is 40.5 Å². The normalized spacial score (nSPS) is 11.7. The van der Waals surface area contributed by atoms with E-state index in [1.54, 1.807) is 68.7 Å². The Labute approximate surface area is 247 Å². The Morgan fingerprint density at radius 1 is 0.907 bits per heavy atom. The molecule has 1 atom stereocenters. The van der Waals surface area contributed by atoms with Crippen molar-refractivity contribution in [2.75, 3.05) is 19.4 Å². The van der Waals surface area contributed by atoms with E-state index in [-0.39, 0.29) is 29.8 Å². The summed E-state index contributed by atoms with van der Waals surface area (Å²) in [6.45, 7) is 0. The fourth-order valence-corrected chi connectivity index (χ4v) is 4.77. The highest BCUT2D eigenvalue weighted by Crippen LogP contribution is 2.29. The third-order valence-corrected chi connectivity index (χ3v) is 7.20. The molecule has 5 aromatic rings. The number of hydrogen-bond donors (Lipinski definition) is 2. The zero-order valence-electron chi connectivity index (χ0n) is 23.7. The fourth-order valence-electron chi connectivity index (χ4n) is 4.77. The van der Waals surface area contributed by atoms with Crippen LogP contribution in [0.1, 0.15) is 39.1 Å². The predicted molar refractivity (Wildman–Crippen MR) is 162 cm³/mol. The first-order chi connectivity index (χ1) is 20.7. The summed E-state index contributed by atoms with van der Waals surface area (Å²) < 4.78 is 20.8. The van der Waals surface area contributed by atoms with E-state index in [4.69, 9.17) is 4.42 Å². The molecule has 0 bridgehead atoms. The number of nitrogens with one attached hydrogen (secondary N) is 1. The number of aryl methyl sites for hydroxylation is 1. The Morgan fingerprint density at radius 3 is 2.28 bits per heavy atom. The second-order valence-electron chi connectivity index (χ2n) is 10.5. The van der Waals surface area contributed by atoms with E-state index in [9.17, 15) is 19.5 Å². The third-order valence-electron chi connectivity index (χ3n) is 7.20. The molecule has 0 spiro atoms. The van der Waals surface area contributed by atoms with Gasteiger partial charge in [-0.05, 0) is 59.9 Å². The summed E-state index contributed by atoms with van der Waals surface area (Å²) in [4.78, 5) is 42.7. The minimum Gasteiger partial charge on any atom is -0.481 e. The molecule has 0 aliphatic rings. The molecule has 1 heterocycles. The molecule has 0 saturated heterocycles. The summed E-state index contributed by atoms with van der Waals surface area (Å²) in [5.74, 6) is -2.74. The summed E-state index contributed by atoms with van der Waals surface area (Å²) in [5.41, 5.74) is 4.25. The summed E-state index contributed by atoms with van der Waals surface area (Å²) in [6.07, 6.45) is 0.842. The number of fused-ring (bicyclic) bond motifs is 1. The lowest BCUT2D eigenvalue weighted by molar-refractivity contribution is -0.141. The predicted octanol–water partition coefficient (Wildman–Crippen LogP) is 6.99. The minimum atomic E-state index is -0.993. The van der Waals surface area contributed by atoms with E-state index in [1.807, 2.05) is 30.3 Å². The number of halogens is 1. The molecule has 218 valence electrons. The summed E-state index contributed by atoms with van der Waals surface area (Å²) in [7, 11) is 3.32. The molecule has 1 aromatic heterocycles. The fraction of sp³-hybridized carbons (Fsp3) is 0.176. The van der Waals surface area contributed by atoms with Gasteiger partial charge >= 0.3 is 5.97 Å².